The molecule has 4 heavy (non-hydrogen) atoms. The van der Waals surface area contributed by atoms with Gasteiger partial charge in [-0.25, -0.2) is 0 Å². The Labute approximate surface area is 42.9 Å². The molecule has 0 saturated heterocycles. The zero-order valence-electron chi connectivity index (χ0n) is 2.59. The molecular weight excluding hydrogens is 223 g/mol. The van der Waals surface area contributed by atoms with Gasteiger partial charge in [-0.15, -0.1) is 0 Å². The second kappa shape index (κ2) is 4.28. The number of hydrogen-bond acceptors (Lipinski definition) is 0. The predicted octanol–water partition coefficient (Wildman–Crippen LogP) is 1.44. The van der Waals surface area contributed by atoms with Gasteiger partial charge in [0.05, 0.1) is 0 Å². The molecule has 0 amide bonds. The van der Waals surface area contributed by atoms with Crippen LogP contribution in [0.15, 0.2) is 0 Å². The Balaban J connectivity index is 1.97. The Morgan fingerprint density at radius 1 is 2.00 bits per heavy atom. The van der Waals surface area contributed by atoms with Gasteiger partial charge in [0.25, 0.3) is 0 Å². The van der Waals surface area contributed by atoms with Gasteiger partial charge in [0.2, 0.25) is 0 Å². The normalized spacial score (nSPS) is 7.50. The van der Waals surface area contributed by atoms with Crippen LogP contribution in [0.3, 0.4) is 0 Å². The van der Waals surface area contributed by atoms with E-state index in [-0.39, 0.29) is 18.9 Å². The second-order valence-electron chi connectivity index (χ2n) is 0.487. The maximum atomic E-state index is 3.42. The van der Waals surface area contributed by atoms with Gasteiger partial charge in [-0.05, 0) is 0 Å². The van der Waals surface area contributed by atoms with Crippen LogP contribution in [0.5, 0.6) is 0 Å². The summed E-state index contributed by atoms with van der Waals surface area (Å²) in [6, 6.07) is 0. The van der Waals surface area contributed by atoms with Crippen molar-refractivity contribution in [2.75, 3.05) is 0 Å². The van der Waals surface area contributed by atoms with Crippen molar-refractivity contribution in [2.45, 2.75) is 11.4 Å². The van der Waals surface area contributed by atoms with Gasteiger partial charge < -0.3 is 0 Å². The van der Waals surface area contributed by atoms with E-state index in [1.54, 1.807) is 0 Å². The van der Waals surface area contributed by atoms with Crippen molar-refractivity contribution >= 4 is 31.6 Å². The van der Waals surface area contributed by atoms with Gasteiger partial charge in [0, 0.05) is 0 Å². The Morgan fingerprint density at radius 3 is 2.25 bits per heavy atom. The first-order chi connectivity index (χ1) is 1.91. The van der Waals surface area contributed by atoms with Crippen molar-refractivity contribution < 1.29 is 0 Å². The van der Waals surface area contributed by atoms with Crippen LogP contribution in [0.25, 0.3) is 0 Å². The zero-order valence-corrected chi connectivity index (χ0v) is 7.03. The Bertz CT molecular complexity index is 8.00. The molecule has 0 aliphatic rings. The van der Waals surface area contributed by atoms with Gasteiger partial charge in [-0.2, -0.15) is 0 Å². The molecule has 0 spiro atoms. The van der Waals surface area contributed by atoms with Crippen molar-refractivity contribution in [1.29, 1.82) is 0 Å². The van der Waals surface area contributed by atoms with Crippen molar-refractivity contribution in [1.82, 2.24) is 0 Å². The Hall–Kier alpha value is 1.28. The van der Waals surface area contributed by atoms with E-state index in [0.29, 0.717) is 0 Å². The van der Waals surface area contributed by atoms with Crippen LogP contribution in [0.2, 0.25) is 4.44 Å². The fourth-order valence-electron chi connectivity index (χ4n) is 0. The minimum atomic E-state index is 0.0364. The third-order valence-electron chi connectivity index (χ3n) is 0.134. The molecule has 2 heteroatoms. The van der Waals surface area contributed by atoms with Crippen LogP contribution >= 0.6 is 12.7 Å². The van der Waals surface area contributed by atoms with Crippen molar-refractivity contribution in [3.05, 3.63) is 0 Å². The average Bonchev–Trinajstić information content (AvgIpc) is 1.37. The SMILES string of the molecule is C[CH2][Sn][Br]. The summed E-state index contributed by atoms with van der Waals surface area (Å²) in [7, 11) is 0. The predicted molar refractivity (Wildman–Crippen MR) is 25.2 cm³/mol. The molecule has 0 rings (SSSR count). The van der Waals surface area contributed by atoms with Crippen molar-refractivity contribution in [3.63, 3.8) is 0 Å². The quantitative estimate of drug-likeness (QED) is 0.595. The summed E-state index contributed by atoms with van der Waals surface area (Å²) >= 11 is 3.45. The molecular formula is C2H5BrSn. The minimum absolute atomic E-state index is 0.0364. The second-order valence-corrected chi connectivity index (χ2v) is 7.03. The summed E-state index contributed by atoms with van der Waals surface area (Å²) in [5.41, 5.74) is 0. The van der Waals surface area contributed by atoms with Gasteiger partial charge in [-0.1, -0.05) is 0 Å². The van der Waals surface area contributed by atoms with Crippen LogP contribution in [-0.4, -0.2) is 18.9 Å². The average molecular weight is 228 g/mol. The summed E-state index contributed by atoms with van der Waals surface area (Å²) < 4.78 is 1.41. The fraction of sp³-hybridized carbons (Fsp3) is 1.00. The Kier molecular flexibility index (Phi) is 5.65. The number of rotatable bonds is 1. The number of hydrogen-bond donors (Lipinski definition) is 0. The van der Waals surface area contributed by atoms with E-state index in [2.05, 4.69) is 19.6 Å². The van der Waals surface area contributed by atoms with E-state index in [0.717, 1.165) is 0 Å². The molecule has 0 unspecified atom stereocenters. The molecule has 0 atom stereocenters. The summed E-state index contributed by atoms with van der Waals surface area (Å²) in [6.07, 6.45) is 0. The van der Waals surface area contributed by atoms with Gasteiger partial charge >= 0.3 is 43.0 Å². The third-order valence-corrected chi connectivity index (χ3v) is 4.66. The molecule has 0 N–H and O–H groups in total. The molecule has 0 aromatic heterocycles. The van der Waals surface area contributed by atoms with E-state index in [1.807, 2.05) is 0 Å². The van der Waals surface area contributed by atoms with E-state index in [1.165, 1.54) is 4.44 Å². The molecule has 0 heterocycles. The molecule has 0 aliphatic carbocycles. The summed E-state index contributed by atoms with van der Waals surface area (Å²) in [5, 5.41) is 0. The van der Waals surface area contributed by atoms with Crippen LogP contribution in [0, 0.1) is 0 Å². The molecule has 0 aliphatic heterocycles. The first-order valence-electron chi connectivity index (χ1n) is 1.25. The van der Waals surface area contributed by atoms with Gasteiger partial charge in [0.1, 0.15) is 0 Å². The molecule has 0 fully saturated rings. The third kappa shape index (κ3) is 3.28. The van der Waals surface area contributed by atoms with Gasteiger partial charge in [0.15, 0.2) is 0 Å². The molecule has 0 aromatic carbocycles. The van der Waals surface area contributed by atoms with Gasteiger partial charge in [-0.3, -0.25) is 0 Å². The molecule has 0 saturated carbocycles. The Morgan fingerprint density at radius 2 is 2.25 bits per heavy atom. The molecule has 0 aromatic rings. The topological polar surface area (TPSA) is 0 Å². The molecule has 2 radical (unpaired) electrons. The fourth-order valence-corrected chi connectivity index (χ4v) is 0. The summed E-state index contributed by atoms with van der Waals surface area (Å²) in [6.45, 7) is 2.21. The van der Waals surface area contributed by atoms with E-state index >= 15 is 0 Å². The first-order valence-corrected chi connectivity index (χ1v) is 9.67. The summed E-state index contributed by atoms with van der Waals surface area (Å²) in [4.78, 5) is 0. The number of halogens is 1. The molecule has 24 valence electrons. The first kappa shape index (κ1) is 5.28. The van der Waals surface area contributed by atoms with E-state index < -0.39 is 0 Å². The molecule has 0 bridgehead atoms. The van der Waals surface area contributed by atoms with Crippen LogP contribution < -0.4 is 0 Å². The monoisotopic (exact) mass is 228 g/mol. The standard InChI is InChI=1S/C2H5.BrH.Sn/c1-2;;/h1H2,2H3;1H;/q;;+1/p-1. The van der Waals surface area contributed by atoms with E-state index in [9.17, 15) is 0 Å². The van der Waals surface area contributed by atoms with Crippen LogP contribution in [-0.2, 0) is 0 Å². The van der Waals surface area contributed by atoms with Crippen molar-refractivity contribution in [3.8, 4) is 0 Å². The van der Waals surface area contributed by atoms with Crippen LogP contribution in [0.4, 0.5) is 0 Å². The zero-order chi connectivity index (χ0) is 3.41. The van der Waals surface area contributed by atoms with E-state index in [4.69, 9.17) is 0 Å². The van der Waals surface area contributed by atoms with Crippen molar-refractivity contribution in [2.24, 2.45) is 0 Å². The van der Waals surface area contributed by atoms with Crippen LogP contribution in [0.1, 0.15) is 6.92 Å². The maximum absolute atomic E-state index is 3.42. The summed E-state index contributed by atoms with van der Waals surface area (Å²) in [5.74, 6) is 0. The molecule has 0 nitrogen and oxygen atoms in total.